The minimum absolute atomic E-state index is 0.0616. The minimum atomic E-state index is -3.69. The lowest BCUT2D eigenvalue weighted by Crippen LogP contribution is -2.42. The molecule has 2 heterocycles. The summed E-state index contributed by atoms with van der Waals surface area (Å²) in [4.78, 5) is 24.7. The number of nitrogens with zero attached hydrogens (tertiary/aromatic N) is 1. The number of carbonyl (C=O) groups excluding carboxylic acids is 2. The summed E-state index contributed by atoms with van der Waals surface area (Å²) in [6.07, 6.45) is 2.64. The van der Waals surface area contributed by atoms with Gasteiger partial charge in [-0.05, 0) is 57.9 Å². The van der Waals surface area contributed by atoms with Gasteiger partial charge < -0.3 is 4.42 Å². The first kappa shape index (κ1) is 21.1. The van der Waals surface area contributed by atoms with Crippen LogP contribution in [0.3, 0.4) is 0 Å². The first-order chi connectivity index (χ1) is 13.7. The Morgan fingerprint density at radius 1 is 1.10 bits per heavy atom. The molecule has 29 heavy (non-hydrogen) atoms. The third-order valence-electron chi connectivity index (χ3n) is 5.02. The molecule has 0 unspecified atom stereocenters. The number of carbonyl (C=O) groups is 2. The molecule has 2 N–H and O–H groups in total. The third kappa shape index (κ3) is 4.51. The van der Waals surface area contributed by atoms with E-state index in [1.807, 2.05) is 6.92 Å². The Morgan fingerprint density at radius 3 is 2.48 bits per heavy atom. The van der Waals surface area contributed by atoms with Gasteiger partial charge in [-0.2, -0.15) is 4.31 Å². The maximum Gasteiger partial charge on any atom is 0.273 e. The number of piperidine rings is 1. The quantitative estimate of drug-likeness (QED) is 0.741. The van der Waals surface area contributed by atoms with Gasteiger partial charge in [-0.15, -0.1) is 0 Å². The van der Waals surface area contributed by atoms with Crippen LogP contribution in [0.25, 0.3) is 0 Å². The van der Waals surface area contributed by atoms with Crippen LogP contribution in [0.15, 0.2) is 39.6 Å². The number of hydrazine groups is 1. The fraction of sp³-hybridized carbons (Fsp3) is 0.400. The monoisotopic (exact) mass is 419 g/mol. The topological polar surface area (TPSA) is 109 Å². The van der Waals surface area contributed by atoms with Crippen molar-refractivity contribution in [3.63, 3.8) is 0 Å². The Kier molecular flexibility index (Phi) is 6.09. The molecular formula is C20H25N3O5S. The van der Waals surface area contributed by atoms with Crippen molar-refractivity contribution in [1.82, 2.24) is 15.2 Å². The normalized spacial score (nSPS) is 17.7. The van der Waals surface area contributed by atoms with Gasteiger partial charge in [-0.1, -0.05) is 12.5 Å². The predicted molar refractivity (Wildman–Crippen MR) is 107 cm³/mol. The summed E-state index contributed by atoms with van der Waals surface area (Å²) in [5.41, 5.74) is 5.09. The smallest absolute Gasteiger partial charge is 0.273 e. The molecule has 8 nitrogen and oxygen atoms in total. The van der Waals surface area contributed by atoms with E-state index in [4.69, 9.17) is 4.42 Å². The molecule has 2 amide bonds. The lowest BCUT2D eigenvalue weighted by molar-refractivity contribution is 0.0845. The molecule has 1 aromatic carbocycles. The van der Waals surface area contributed by atoms with Crippen LogP contribution in [0.2, 0.25) is 0 Å². The Hall–Kier alpha value is -2.65. The van der Waals surface area contributed by atoms with Crippen LogP contribution in [-0.2, 0) is 10.0 Å². The van der Waals surface area contributed by atoms with Crippen LogP contribution in [-0.4, -0.2) is 37.1 Å². The summed E-state index contributed by atoms with van der Waals surface area (Å²) >= 11 is 0. The summed E-state index contributed by atoms with van der Waals surface area (Å²) in [5.74, 6) is -0.0969. The molecule has 1 fully saturated rings. The van der Waals surface area contributed by atoms with Crippen molar-refractivity contribution < 1.29 is 22.4 Å². The highest BCUT2D eigenvalue weighted by molar-refractivity contribution is 7.89. The molecule has 0 bridgehead atoms. The van der Waals surface area contributed by atoms with E-state index in [9.17, 15) is 18.0 Å². The van der Waals surface area contributed by atoms with Crippen LogP contribution < -0.4 is 10.9 Å². The van der Waals surface area contributed by atoms with E-state index in [2.05, 4.69) is 10.9 Å². The first-order valence-electron chi connectivity index (χ1n) is 9.50. The van der Waals surface area contributed by atoms with Crippen LogP contribution in [0.4, 0.5) is 0 Å². The molecule has 1 aromatic heterocycles. The second kappa shape index (κ2) is 8.38. The minimum Gasteiger partial charge on any atom is -0.466 e. The summed E-state index contributed by atoms with van der Waals surface area (Å²) in [7, 11) is -3.69. The highest BCUT2D eigenvalue weighted by Gasteiger charge is 2.31. The number of benzene rings is 1. The van der Waals surface area contributed by atoms with Gasteiger partial charge in [-0.3, -0.25) is 20.4 Å². The molecule has 156 valence electrons. The van der Waals surface area contributed by atoms with E-state index >= 15 is 0 Å². The number of hydrogen-bond donors (Lipinski definition) is 2. The van der Waals surface area contributed by atoms with Crippen molar-refractivity contribution >= 4 is 21.8 Å². The molecular weight excluding hydrogens is 394 g/mol. The van der Waals surface area contributed by atoms with Gasteiger partial charge in [0.1, 0.15) is 11.5 Å². The van der Waals surface area contributed by atoms with Crippen LogP contribution >= 0.6 is 0 Å². The number of sulfonamides is 1. The predicted octanol–water partition coefficient (Wildman–Crippen LogP) is 2.53. The Labute approximate surface area is 170 Å². The summed E-state index contributed by atoms with van der Waals surface area (Å²) < 4.78 is 32.7. The zero-order valence-electron chi connectivity index (χ0n) is 16.7. The lowest BCUT2D eigenvalue weighted by atomic mass is 10.1. The number of nitrogens with one attached hydrogen (secondary N) is 2. The van der Waals surface area contributed by atoms with E-state index in [1.165, 1.54) is 28.6 Å². The van der Waals surface area contributed by atoms with Crippen molar-refractivity contribution in [2.75, 3.05) is 6.54 Å². The Bertz CT molecular complexity index is 1030. The second-order valence-corrected chi connectivity index (χ2v) is 9.11. The Balaban J connectivity index is 1.72. The molecule has 2 aromatic rings. The number of hydrogen-bond acceptors (Lipinski definition) is 5. The molecule has 0 radical (unpaired) electrons. The molecule has 1 aliphatic rings. The molecule has 1 saturated heterocycles. The van der Waals surface area contributed by atoms with E-state index in [1.54, 1.807) is 19.9 Å². The van der Waals surface area contributed by atoms with Crippen LogP contribution in [0.5, 0.6) is 0 Å². The van der Waals surface area contributed by atoms with Gasteiger partial charge in [0.15, 0.2) is 0 Å². The fourth-order valence-corrected chi connectivity index (χ4v) is 5.22. The van der Waals surface area contributed by atoms with Crippen LogP contribution in [0.1, 0.15) is 58.4 Å². The van der Waals surface area contributed by atoms with E-state index in [-0.39, 0.29) is 16.5 Å². The van der Waals surface area contributed by atoms with Crippen molar-refractivity contribution in [2.24, 2.45) is 0 Å². The summed E-state index contributed by atoms with van der Waals surface area (Å²) in [6, 6.07) is 7.31. The van der Waals surface area contributed by atoms with Gasteiger partial charge in [0.2, 0.25) is 10.0 Å². The highest BCUT2D eigenvalue weighted by atomic mass is 32.2. The van der Waals surface area contributed by atoms with Gasteiger partial charge in [0.25, 0.3) is 11.8 Å². The van der Waals surface area contributed by atoms with Crippen molar-refractivity contribution in [3.05, 3.63) is 53.0 Å². The molecule has 3 rings (SSSR count). The average Bonchev–Trinajstić information content (AvgIpc) is 3.04. The number of furan rings is 1. The zero-order chi connectivity index (χ0) is 21.2. The van der Waals surface area contributed by atoms with Crippen molar-refractivity contribution in [1.29, 1.82) is 0 Å². The average molecular weight is 420 g/mol. The van der Waals surface area contributed by atoms with Crippen molar-refractivity contribution in [2.45, 2.75) is 51.0 Å². The van der Waals surface area contributed by atoms with E-state index in [0.717, 1.165) is 19.3 Å². The second-order valence-electron chi connectivity index (χ2n) is 7.22. The molecule has 0 saturated carbocycles. The number of amides is 2. The van der Waals surface area contributed by atoms with Gasteiger partial charge in [0.05, 0.1) is 10.5 Å². The molecule has 1 aliphatic heterocycles. The molecule has 0 aliphatic carbocycles. The van der Waals surface area contributed by atoms with Crippen LogP contribution in [0, 0.1) is 13.8 Å². The van der Waals surface area contributed by atoms with E-state index < -0.39 is 21.8 Å². The SMILES string of the molecule is Cc1cc(C(=O)NNC(=O)c2cccc(S(=O)(=O)N3CCCC[C@@H]3C)c2)c(C)o1. The summed E-state index contributed by atoms with van der Waals surface area (Å²) in [6.45, 7) is 5.74. The largest absolute Gasteiger partial charge is 0.466 e. The molecule has 0 spiro atoms. The van der Waals surface area contributed by atoms with Gasteiger partial charge in [0, 0.05) is 18.2 Å². The van der Waals surface area contributed by atoms with Crippen molar-refractivity contribution in [3.8, 4) is 0 Å². The highest BCUT2D eigenvalue weighted by Crippen LogP contribution is 2.25. The molecule has 9 heteroatoms. The third-order valence-corrected chi connectivity index (χ3v) is 7.03. The standard InChI is InChI=1S/C20H25N3O5S/c1-13-7-4-5-10-23(13)29(26,27)17-9-6-8-16(12-17)19(24)21-22-20(25)18-11-14(2)28-15(18)3/h6,8-9,11-13H,4-5,7,10H2,1-3H3,(H,21,24)(H,22,25)/t13-/m0/s1. The van der Waals surface area contributed by atoms with Gasteiger partial charge >= 0.3 is 0 Å². The van der Waals surface area contributed by atoms with E-state index in [0.29, 0.717) is 23.6 Å². The maximum atomic E-state index is 13.0. The zero-order valence-corrected chi connectivity index (χ0v) is 17.5. The first-order valence-corrected chi connectivity index (χ1v) is 10.9. The number of rotatable bonds is 4. The fourth-order valence-electron chi connectivity index (χ4n) is 3.47. The lowest BCUT2D eigenvalue weighted by Gasteiger charge is -2.32. The van der Waals surface area contributed by atoms with Gasteiger partial charge in [-0.25, -0.2) is 8.42 Å². The maximum absolute atomic E-state index is 13.0. The number of aryl methyl sites for hydroxylation is 2. The Morgan fingerprint density at radius 2 is 1.83 bits per heavy atom. The molecule has 1 atom stereocenters. The summed E-state index contributed by atoms with van der Waals surface area (Å²) in [5, 5.41) is 0.